The third-order valence-electron chi connectivity index (χ3n) is 5.71. The molecule has 4 rings (SSSR count). The average molecular weight is 316 g/mol. The number of rotatable bonds is 6. The molecule has 126 valence electrons. The highest BCUT2D eigenvalue weighted by Gasteiger charge is 2.42. The van der Waals surface area contributed by atoms with Gasteiger partial charge in [-0.25, -0.2) is 0 Å². The molecule has 1 spiro atoms. The lowest BCUT2D eigenvalue weighted by Crippen LogP contribution is -2.40. The van der Waals surface area contributed by atoms with Gasteiger partial charge in [0.1, 0.15) is 0 Å². The number of piperidine rings is 1. The third-order valence-corrected chi connectivity index (χ3v) is 5.71. The van der Waals surface area contributed by atoms with Gasteiger partial charge in [0.2, 0.25) is 0 Å². The fourth-order valence-electron chi connectivity index (χ4n) is 3.93. The van der Waals surface area contributed by atoms with E-state index in [4.69, 9.17) is 9.47 Å². The Hall–Kier alpha value is -0.970. The highest BCUT2D eigenvalue weighted by molar-refractivity contribution is 5.09. The van der Waals surface area contributed by atoms with Crippen LogP contribution in [0.15, 0.2) is 24.5 Å². The van der Waals surface area contributed by atoms with Crippen molar-refractivity contribution in [2.24, 2.45) is 11.3 Å². The van der Waals surface area contributed by atoms with Gasteiger partial charge < -0.3 is 9.47 Å². The summed E-state index contributed by atoms with van der Waals surface area (Å²) < 4.78 is 11.9. The van der Waals surface area contributed by atoms with Crippen LogP contribution in [-0.2, 0) is 16.0 Å². The molecule has 1 aliphatic carbocycles. The second kappa shape index (κ2) is 6.88. The molecule has 23 heavy (non-hydrogen) atoms. The zero-order valence-electron chi connectivity index (χ0n) is 14.0. The minimum absolute atomic E-state index is 0.334. The van der Waals surface area contributed by atoms with Gasteiger partial charge in [0, 0.05) is 25.5 Å². The molecular weight excluding hydrogens is 288 g/mol. The highest BCUT2D eigenvalue weighted by Crippen LogP contribution is 2.42. The highest BCUT2D eigenvalue weighted by atomic mass is 16.5. The lowest BCUT2D eigenvalue weighted by Gasteiger charge is -2.38. The number of ether oxygens (including phenoxy) is 2. The molecule has 1 atom stereocenters. The van der Waals surface area contributed by atoms with E-state index in [1.165, 1.54) is 50.8 Å². The lowest BCUT2D eigenvalue weighted by molar-refractivity contribution is 0.00917. The van der Waals surface area contributed by atoms with Crippen molar-refractivity contribution in [1.29, 1.82) is 0 Å². The zero-order chi connectivity index (χ0) is 15.5. The zero-order valence-corrected chi connectivity index (χ0v) is 14.0. The van der Waals surface area contributed by atoms with Crippen LogP contribution in [0.2, 0.25) is 0 Å². The largest absolute Gasteiger partial charge is 0.378 e. The Morgan fingerprint density at radius 2 is 1.96 bits per heavy atom. The van der Waals surface area contributed by atoms with Crippen LogP contribution in [0.5, 0.6) is 0 Å². The van der Waals surface area contributed by atoms with Crippen molar-refractivity contribution in [1.82, 2.24) is 9.88 Å². The summed E-state index contributed by atoms with van der Waals surface area (Å²) in [4.78, 5) is 6.66. The normalized spacial score (nSPS) is 27.6. The van der Waals surface area contributed by atoms with Crippen LogP contribution in [0.4, 0.5) is 0 Å². The van der Waals surface area contributed by atoms with Crippen molar-refractivity contribution in [3.05, 3.63) is 30.1 Å². The Bertz CT molecular complexity index is 495. The van der Waals surface area contributed by atoms with Crippen molar-refractivity contribution in [3.63, 3.8) is 0 Å². The van der Waals surface area contributed by atoms with E-state index in [9.17, 15) is 0 Å². The van der Waals surface area contributed by atoms with Crippen LogP contribution in [0, 0.1) is 11.3 Å². The molecule has 1 aromatic heterocycles. The number of likely N-dealkylation sites (tertiary alicyclic amines) is 1. The summed E-state index contributed by atoms with van der Waals surface area (Å²) in [6.45, 7) is 6.11. The maximum absolute atomic E-state index is 6.05. The van der Waals surface area contributed by atoms with E-state index < -0.39 is 0 Å². The molecule has 3 fully saturated rings. The molecule has 0 unspecified atom stereocenters. The minimum atomic E-state index is 0.334. The number of pyridine rings is 1. The fraction of sp³-hybridized carbons (Fsp3) is 0.737. The number of hydrogen-bond acceptors (Lipinski definition) is 4. The molecule has 0 bridgehead atoms. The minimum Gasteiger partial charge on any atom is -0.378 e. The van der Waals surface area contributed by atoms with Gasteiger partial charge in [0.15, 0.2) is 0 Å². The molecule has 0 radical (unpaired) electrons. The molecule has 0 amide bonds. The second-order valence-corrected chi connectivity index (χ2v) is 7.75. The van der Waals surface area contributed by atoms with Crippen LogP contribution in [0.1, 0.15) is 37.7 Å². The van der Waals surface area contributed by atoms with Crippen LogP contribution >= 0.6 is 0 Å². The van der Waals surface area contributed by atoms with Crippen molar-refractivity contribution in [2.75, 3.05) is 32.9 Å². The molecule has 0 N–H and O–H groups in total. The first-order valence-corrected chi connectivity index (χ1v) is 9.12. The average Bonchev–Trinajstić information content (AvgIpc) is 3.32. The van der Waals surface area contributed by atoms with Gasteiger partial charge in [-0.2, -0.15) is 0 Å². The molecule has 4 nitrogen and oxygen atoms in total. The number of hydrogen-bond donors (Lipinski definition) is 0. The maximum atomic E-state index is 6.05. The SMILES string of the molecule is c1cc(CN2CCC3(CC2)CO[C@H](COCC2CC2)C3)ccn1. The van der Waals surface area contributed by atoms with Crippen molar-refractivity contribution >= 4 is 0 Å². The van der Waals surface area contributed by atoms with Gasteiger partial charge >= 0.3 is 0 Å². The molecular formula is C19H28N2O2. The molecule has 4 heteroatoms. The van der Waals surface area contributed by atoms with E-state index in [2.05, 4.69) is 22.0 Å². The summed E-state index contributed by atoms with van der Waals surface area (Å²) >= 11 is 0. The molecule has 3 aliphatic rings. The van der Waals surface area contributed by atoms with Crippen molar-refractivity contribution in [2.45, 2.75) is 44.8 Å². The van der Waals surface area contributed by atoms with Crippen LogP contribution in [0.25, 0.3) is 0 Å². The molecule has 1 aromatic rings. The molecule has 2 aliphatic heterocycles. The Morgan fingerprint density at radius 3 is 2.70 bits per heavy atom. The predicted octanol–water partition coefficient (Wildman–Crippen LogP) is 2.88. The standard InChI is InChI=1S/C19H28N2O2/c1-2-17(1)13-22-14-18-11-19(15-23-18)5-9-21(10-6-19)12-16-3-7-20-8-4-16/h3-4,7-8,17-18H,1-2,5-6,9-15H2/t18-/m0/s1. The van der Waals surface area contributed by atoms with E-state index in [-0.39, 0.29) is 0 Å². The first-order chi connectivity index (χ1) is 11.3. The van der Waals surface area contributed by atoms with Crippen molar-refractivity contribution < 1.29 is 9.47 Å². The number of nitrogens with zero attached hydrogens (tertiary/aromatic N) is 2. The Kier molecular flexibility index (Phi) is 4.65. The van der Waals surface area contributed by atoms with E-state index in [1.807, 2.05) is 12.4 Å². The van der Waals surface area contributed by atoms with Gasteiger partial charge in [0.05, 0.1) is 19.3 Å². The number of aromatic nitrogens is 1. The summed E-state index contributed by atoms with van der Waals surface area (Å²) in [7, 11) is 0. The molecule has 2 saturated heterocycles. The molecule has 3 heterocycles. The smallest absolute Gasteiger partial charge is 0.0814 e. The van der Waals surface area contributed by atoms with Crippen LogP contribution in [0.3, 0.4) is 0 Å². The van der Waals surface area contributed by atoms with Gasteiger partial charge in [-0.1, -0.05) is 0 Å². The quantitative estimate of drug-likeness (QED) is 0.808. The van der Waals surface area contributed by atoms with Gasteiger partial charge in [-0.05, 0) is 74.2 Å². The summed E-state index contributed by atoms with van der Waals surface area (Å²) in [5, 5.41) is 0. The summed E-state index contributed by atoms with van der Waals surface area (Å²) in [6.07, 6.45) is 10.6. The van der Waals surface area contributed by atoms with Crippen LogP contribution in [-0.4, -0.2) is 48.9 Å². The van der Waals surface area contributed by atoms with Gasteiger partial charge in [-0.15, -0.1) is 0 Å². The lowest BCUT2D eigenvalue weighted by atomic mass is 9.76. The Morgan fingerprint density at radius 1 is 1.17 bits per heavy atom. The van der Waals surface area contributed by atoms with Gasteiger partial charge in [0.25, 0.3) is 0 Å². The topological polar surface area (TPSA) is 34.6 Å². The second-order valence-electron chi connectivity index (χ2n) is 7.75. The molecule has 0 aromatic carbocycles. The third kappa shape index (κ3) is 4.11. The summed E-state index contributed by atoms with van der Waals surface area (Å²) in [5.74, 6) is 0.849. The Labute approximate surface area is 139 Å². The fourth-order valence-corrected chi connectivity index (χ4v) is 3.93. The van der Waals surface area contributed by atoms with Gasteiger partial charge in [-0.3, -0.25) is 9.88 Å². The monoisotopic (exact) mass is 316 g/mol. The summed E-state index contributed by atoms with van der Waals surface area (Å²) in [5.41, 5.74) is 1.78. The van der Waals surface area contributed by atoms with E-state index in [0.717, 1.165) is 32.3 Å². The first kappa shape index (κ1) is 15.6. The van der Waals surface area contributed by atoms with E-state index in [1.54, 1.807) is 0 Å². The Balaban J connectivity index is 1.21. The van der Waals surface area contributed by atoms with Crippen molar-refractivity contribution in [3.8, 4) is 0 Å². The van der Waals surface area contributed by atoms with Crippen LogP contribution < -0.4 is 0 Å². The molecule has 1 saturated carbocycles. The predicted molar refractivity (Wildman–Crippen MR) is 89.1 cm³/mol. The first-order valence-electron chi connectivity index (χ1n) is 9.12. The summed E-state index contributed by atoms with van der Waals surface area (Å²) in [6, 6.07) is 4.24. The maximum Gasteiger partial charge on any atom is 0.0814 e. The van der Waals surface area contributed by atoms with E-state index >= 15 is 0 Å². The van der Waals surface area contributed by atoms with E-state index in [0.29, 0.717) is 11.5 Å².